The zero-order chi connectivity index (χ0) is 13.8. The number of fused-ring (bicyclic) bond motifs is 1. The highest BCUT2D eigenvalue weighted by atomic mass is 16.5. The molecule has 0 saturated heterocycles. The fourth-order valence-corrected chi connectivity index (χ4v) is 1.84. The molecule has 1 aromatic heterocycles. The molecule has 0 bridgehead atoms. The number of carbonyl (C=O) groups excluding carboxylic acids is 1. The number of aryl methyl sites for hydroxylation is 1. The van der Waals surface area contributed by atoms with Crippen LogP contribution in [0.1, 0.15) is 18.1 Å². The van der Waals surface area contributed by atoms with Crippen LogP contribution < -0.4 is 10.9 Å². The summed E-state index contributed by atoms with van der Waals surface area (Å²) in [5.74, 6) is 0. The van der Waals surface area contributed by atoms with E-state index in [9.17, 15) is 9.59 Å². The predicted molar refractivity (Wildman–Crippen MR) is 73.2 cm³/mol. The van der Waals surface area contributed by atoms with Crippen LogP contribution in [-0.4, -0.2) is 17.7 Å². The maximum Gasteiger partial charge on any atom is 0.407 e. The molecule has 5 nitrogen and oxygen atoms in total. The zero-order valence-electron chi connectivity index (χ0n) is 10.9. The lowest BCUT2D eigenvalue weighted by Gasteiger charge is -2.06. The van der Waals surface area contributed by atoms with Crippen molar-refractivity contribution in [3.05, 3.63) is 45.7 Å². The van der Waals surface area contributed by atoms with Crippen LogP contribution in [-0.2, 0) is 11.3 Å². The van der Waals surface area contributed by atoms with Crippen LogP contribution in [0.25, 0.3) is 10.9 Å². The van der Waals surface area contributed by atoms with E-state index >= 15 is 0 Å². The largest absolute Gasteiger partial charge is 0.450 e. The molecule has 1 aromatic carbocycles. The normalized spacial score (nSPS) is 10.4. The van der Waals surface area contributed by atoms with Gasteiger partial charge in [-0.05, 0) is 36.9 Å². The molecule has 19 heavy (non-hydrogen) atoms. The number of aromatic nitrogens is 1. The topological polar surface area (TPSA) is 71.2 Å². The third kappa shape index (κ3) is 3.13. The number of H-pyrrole nitrogens is 1. The fourth-order valence-electron chi connectivity index (χ4n) is 1.84. The molecule has 0 unspecified atom stereocenters. The molecule has 0 radical (unpaired) electrons. The predicted octanol–water partition coefficient (Wildman–Crippen LogP) is 2.08. The van der Waals surface area contributed by atoms with Gasteiger partial charge in [0.05, 0.1) is 13.2 Å². The van der Waals surface area contributed by atoms with Crippen LogP contribution in [0.5, 0.6) is 0 Å². The third-order valence-corrected chi connectivity index (χ3v) is 2.78. The van der Waals surface area contributed by atoms with Gasteiger partial charge in [0.25, 0.3) is 5.56 Å². The van der Waals surface area contributed by atoms with Crippen LogP contribution in [0.3, 0.4) is 0 Å². The number of benzene rings is 1. The van der Waals surface area contributed by atoms with E-state index in [1.54, 1.807) is 13.0 Å². The lowest BCUT2D eigenvalue weighted by molar-refractivity contribution is 0.151. The van der Waals surface area contributed by atoms with E-state index in [1.807, 2.05) is 25.1 Å². The number of hydrogen-bond donors (Lipinski definition) is 2. The Kier molecular flexibility index (Phi) is 3.85. The Morgan fingerprint density at radius 2 is 2.16 bits per heavy atom. The van der Waals surface area contributed by atoms with Gasteiger partial charge in [-0.25, -0.2) is 4.79 Å². The Morgan fingerprint density at radius 1 is 1.37 bits per heavy atom. The van der Waals surface area contributed by atoms with E-state index in [4.69, 9.17) is 4.74 Å². The molecule has 5 heteroatoms. The van der Waals surface area contributed by atoms with E-state index < -0.39 is 6.09 Å². The molecule has 0 saturated carbocycles. The first-order valence-corrected chi connectivity index (χ1v) is 6.13. The van der Waals surface area contributed by atoms with Crippen molar-refractivity contribution in [2.24, 2.45) is 0 Å². The third-order valence-electron chi connectivity index (χ3n) is 2.78. The Bertz CT molecular complexity index is 661. The number of nitrogens with one attached hydrogen (secondary N) is 2. The van der Waals surface area contributed by atoms with Crippen molar-refractivity contribution in [3.8, 4) is 0 Å². The first-order chi connectivity index (χ1) is 9.10. The molecule has 2 rings (SSSR count). The summed E-state index contributed by atoms with van der Waals surface area (Å²) in [4.78, 5) is 25.9. The molecule has 0 aliphatic rings. The number of amides is 1. The van der Waals surface area contributed by atoms with E-state index in [0.717, 1.165) is 16.5 Å². The maximum absolute atomic E-state index is 11.9. The van der Waals surface area contributed by atoms with Crippen LogP contribution in [0, 0.1) is 6.92 Å². The van der Waals surface area contributed by atoms with Gasteiger partial charge in [-0.15, -0.1) is 0 Å². The van der Waals surface area contributed by atoms with Gasteiger partial charge in [0, 0.05) is 11.1 Å². The summed E-state index contributed by atoms with van der Waals surface area (Å²) in [6.45, 7) is 4.15. The monoisotopic (exact) mass is 260 g/mol. The lowest BCUT2D eigenvalue weighted by Crippen LogP contribution is -2.27. The van der Waals surface area contributed by atoms with Crippen LogP contribution in [0.4, 0.5) is 4.79 Å². The first kappa shape index (κ1) is 13.1. The summed E-state index contributed by atoms with van der Waals surface area (Å²) in [7, 11) is 0. The van der Waals surface area contributed by atoms with E-state index in [-0.39, 0.29) is 12.1 Å². The Morgan fingerprint density at radius 3 is 2.89 bits per heavy atom. The molecular weight excluding hydrogens is 244 g/mol. The number of hydrogen-bond acceptors (Lipinski definition) is 3. The van der Waals surface area contributed by atoms with Crippen molar-refractivity contribution < 1.29 is 9.53 Å². The van der Waals surface area contributed by atoms with Gasteiger partial charge in [-0.3, -0.25) is 4.79 Å². The van der Waals surface area contributed by atoms with Crippen molar-refractivity contribution >= 4 is 17.0 Å². The van der Waals surface area contributed by atoms with E-state index in [2.05, 4.69) is 10.3 Å². The zero-order valence-corrected chi connectivity index (χ0v) is 10.9. The van der Waals surface area contributed by atoms with Crippen molar-refractivity contribution in [2.75, 3.05) is 6.61 Å². The molecule has 1 heterocycles. The van der Waals surface area contributed by atoms with Crippen LogP contribution in [0.2, 0.25) is 0 Å². The average molecular weight is 260 g/mol. The highest BCUT2D eigenvalue weighted by molar-refractivity contribution is 5.79. The second-order valence-electron chi connectivity index (χ2n) is 4.29. The summed E-state index contributed by atoms with van der Waals surface area (Å²) >= 11 is 0. The second-order valence-corrected chi connectivity index (χ2v) is 4.29. The second kappa shape index (κ2) is 5.56. The molecule has 0 aliphatic heterocycles. The van der Waals surface area contributed by atoms with E-state index in [0.29, 0.717) is 12.2 Å². The van der Waals surface area contributed by atoms with Crippen molar-refractivity contribution in [1.29, 1.82) is 0 Å². The Labute approximate surface area is 110 Å². The van der Waals surface area contributed by atoms with Gasteiger partial charge < -0.3 is 15.0 Å². The van der Waals surface area contributed by atoms with Crippen LogP contribution in [0.15, 0.2) is 29.1 Å². The van der Waals surface area contributed by atoms with Crippen molar-refractivity contribution in [2.45, 2.75) is 20.4 Å². The minimum Gasteiger partial charge on any atom is -0.450 e. The molecule has 0 fully saturated rings. The average Bonchev–Trinajstić information content (AvgIpc) is 2.36. The summed E-state index contributed by atoms with van der Waals surface area (Å²) in [6, 6.07) is 7.61. The molecule has 1 amide bonds. The summed E-state index contributed by atoms with van der Waals surface area (Å²) in [5.41, 5.74) is 2.18. The summed E-state index contributed by atoms with van der Waals surface area (Å²) in [5, 5.41) is 3.47. The van der Waals surface area contributed by atoms with E-state index in [1.165, 1.54) is 0 Å². The van der Waals surface area contributed by atoms with Gasteiger partial charge in [-0.2, -0.15) is 0 Å². The van der Waals surface area contributed by atoms with Crippen molar-refractivity contribution in [1.82, 2.24) is 10.3 Å². The van der Waals surface area contributed by atoms with Gasteiger partial charge in [0.15, 0.2) is 0 Å². The number of aromatic amines is 1. The van der Waals surface area contributed by atoms with Gasteiger partial charge in [-0.1, -0.05) is 12.1 Å². The first-order valence-electron chi connectivity index (χ1n) is 6.13. The van der Waals surface area contributed by atoms with Crippen molar-refractivity contribution in [3.63, 3.8) is 0 Å². The summed E-state index contributed by atoms with van der Waals surface area (Å²) in [6.07, 6.45) is -0.522. The summed E-state index contributed by atoms with van der Waals surface area (Å²) < 4.78 is 4.74. The number of ether oxygens (including phenoxy) is 1. The lowest BCUT2D eigenvalue weighted by atomic mass is 10.1. The smallest absolute Gasteiger partial charge is 0.407 e. The molecule has 2 aromatic rings. The number of alkyl carbamates (subject to hydrolysis) is 1. The maximum atomic E-state index is 11.9. The fraction of sp³-hybridized carbons (Fsp3) is 0.286. The van der Waals surface area contributed by atoms with Gasteiger partial charge in [0.1, 0.15) is 0 Å². The van der Waals surface area contributed by atoms with Gasteiger partial charge in [0.2, 0.25) is 0 Å². The quantitative estimate of drug-likeness (QED) is 0.887. The Hall–Kier alpha value is -2.30. The molecule has 0 aliphatic carbocycles. The number of carbonyl (C=O) groups is 1. The molecule has 100 valence electrons. The molecule has 0 spiro atoms. The highest BCUT2D eigenvalue weighted by Crippen LogP contribution is 2.12. The Balaban J connectivity index is 2.24. The highest BCUT2D eigenvalue weighted by Gasteiger charge is 2.05. The number of rotatable bonds is 3. The van der Waals surface area contributed by atoms with Gasteiger partial charge >= 0.3 is 6.09 Å². The molecule has 2 N–H and O–H groups in total. The molecular formula is C14H16N2O3. The van der Waals surface area contributed by atoms with Crippen LogP contribution >= 0.6 is 0 Å². The standard InChI is InChI=1S/C14H16N2O3/c1-3-19-14(18)15-8-11-7-10-5-4-9(2)6-12(10)16-13(11)17/h4-7H,3,8H2,1-2H3,(H,15,18)(H,16,17). The minimum absolute atomic E-state index is 0.151. The SMILES string of the molecule is CCOC(=O)NCc1cc2ccc(C)cc2[nH]c1=O. The number of pyridine rings is 1. The minimum atomic E-state index is -0.522. The molecule has 0 atom stereocenters.